The first kappa shape index (κ1) is 12.3. The van der Waals surface area contributed by atoms with E-state index in [0.29, 0.717) is 5.02 Å². The summed E-state index contributed by atoms with van der Waals surface area (Å²) in [6.45, 7) is 1.07. The van der Waals surface area contributed by atoms with Crippen molar-refractivity contribution in [3.8, 4) is 5.75 Å². The minimum atomic E-state index is 0.698. The van der Waals surface area contributed by atoms with Crippen molar-refractivity contribution in [2.75, 3.05) is 20.7 Å². The average molecular weight is 228 g/mol. The van der Waals surface area contributed by atoms with Gasteiger partial charge in [0.25, 0.3) is 0 Å². The lowest BCUT2D eigenvalue weighted by atomic mass is 10.1. The molecule has 0 fully saturated rings. The SMILES string of the molecule is CNCCCCc1ccc(OC)c(Cl)c1. The van der Waals surface area contributed by atoms with Gasteiger partial charge in [-0.1, -0.05) is 17.7 Å². The number of nitrogens with one attached hydrogen (secondary N) is 1. The minimum absolute atomic E-state index is 0.698. The Bertz CT molecular complexity index is 302. The van der Waals surface area contributed by atoms with Crippen molar-refractivity contribution in [1.82, 2.24) is 5.32 Å². The lowest BCUT2D eigenvalue weighted by Crippen LogP contribution is -2.07. The summed E-state index contributed by atoms with van der Waals surface area (Å²) in [5, 5.41) is 3.84. The van der Waals surface area contributed by atoms with Crippen LogP contribution < -0.4 is 10.1 Å². The Morgan fingerprint density at radius 3 is 2.73 bits per heavy atom. The molecule has 0 amide bonds. The van der Waals surface area contributed by atoms with Crippen LogP contribution in [0.5, 0.6) is 5.75 Å². The normalized spacial score (nSPS) is 10.3. The highest BCUT2D eigenvalue weighted by molar-refractivity contribution is 6.32. The second-order valence-electron chi connectivity index (χ2n) is 3.53. The maximum absolute atomic E-state index is 6.03. The predicted molar refractivity (Wildman–Crippen MR) is 64.9 cm³/mol. The molecule has 1 N–H and O–H groups in total. The Labute approximate surface area is 96.6 Å². The topological polar surface area (TPSA) is 21.3 Å². The van der Waals surface area contributed by atoms with Gasteiger partial charge in [0, 0.05) is 0 Å². The first-order chi connectivity index (χ1) is 7.27. The highest BCUT2D eigenvalue weighted by Crippen LogP contribution is 2.25. The lowest BCUT2D eigenvalue weighted by molar-refractivity contribution is 0.415. The highest BCUT2D eigenvalue weighted by atomic mass is 35.5. The molecule has 1 rings (SSSR count). The van der Waals surface area contributed by atoms with E-state index in [-0.39, 0.29) is 0 Å². The van der Waals surface area contributed by atoms with Crippen LogP contribution in [0.15, 0.2) is 18.2 Å². The van der Waals surface area contributed by atoms with Gasteiger partial charge in [0.05, 0.1) is 12.1 Å². The summed E-state index contributed by atoms with van der Waals surface area (Å²) >= 11 is 6.03. The van der Waals surface area contributed by atoms with E-state index >= 15 is 0 Å². The zero-order chi connectivity index (χ0) is 11.1. The molecule has 0 bridgehead atoms. The minimum Gasteiger partial charge on any atom is -0.495 e. The number of unbranched alkanes of at least 4 members (excludes halogenated alkanes) is 1. The van der Waals surface area contributed by atoms with Crippen molar-refractivity contribution in [2.45, 2.75) is 19.3 Å². The number of halogens is 1. The van der Waals surface area contributed by atoms with Gasteiger partial charge in [0.15, 0.2) is 0 Å². The van der Waals surface area contributed by atoms with Crippen LogP contribution in [0.3, 0.4) is 0 Å². The molecule has 0 spiro atoms. The highest BCUT2D eigenvalue weighted by Gasteiger charge is 2.01. The van der Waals surface area contributed by atoms with Gasteiger partial charge in [0.2, 0.25) is 0 Å². The molecule has 0 aliphatic carbocycles. The fraction of sp³-hybridized carbons (Fsp3) is 0.500. The summed E-state index contributed by atoms with van der Waals surface area (Å²) in [6, 6.07) is 5.99. The maximum atomic E-state index is 6.03. The summed E-state index contributed by atoms with van der Waals surface area (Å²) < 4.78 is 5.10. The Morgan fingerprint density at radius 1 is 1.33 bits per heavy atom. The summed E-state index contributed by atoms with van der Waals surface area (Å²) in [6.07, 6.45) is 3.45. The average Bonchev–Trinajstić information content (AvgIpc) is 2.25. The van der Waals surface area contributed by atoms with Crippen LogP contribution in [0.4, 0.5) is 0 Å². The van der Waals surface area contributed by atoms with Crippen LogP contribution in [0.25, 0.3) is 0 Å². The van der Waals surface area contributed by atoms with Gasteiger partial charge in [-0.15, -0.1) is 0 Å². The van der Waals surface area contributed by atoms with Gasteiger partial charge in [-0.2, -0.15) is 0 Å². The van der Waals surface area contributed by atoms with Crippen LogP contribution in [0, 0.1) is 0 Å². The molecule has 15 heavy (non-hydrogen) atoms. The van der Waals surface area contributed by atoms with E-state index in [9.17, 15) is 0 Å². The number of hydrogen-bond donors (Lipinski definition) is 1. The van der Waals surface area contributed by atoms with Gasteiger partial charge >= 0.3 is 0 Å². The van der Waals surface area contributed by atoms with Crippen molar-refractivity contribution in [3.63, 3.8) is 0 Å². The molecule has 0 saturated carbocycles. The smallest absolute Gasteiger partial charge is 0.137 e. The second kappa shape index (κ2) is 6.70. The first-order valence-electron chi connectivity index (χ1n) is 5.25. The number of methoxy groups -OCH3 is 1. The van der Waals surface area contributed by atoms with E-state index in [1.54, 1.807) is 7.11 Å². The Balaban J connectivity index is 2.45. The van der Waals surface area contributed by atoms with Gasteiger partial charge in [-0.25, -0.2) is 0 Å². The molecule has 0 saturated heterocycles. The van der Waals surface area contributed by atoms with Crippen LogP contribution in [-0.4, -0.2) is 20.7 Å². The fourth-order valence-electron chi connectivity index (χ4n) is 1.50. The standard InChI is InChI=1S/C12H18ClNO/c1-14-8-4-3-5-10-6-7-12(15-2)11(13)9-10/h6-7,9,14H,3-5,8H2,1-2H3. The largest absolute Gasteiger partial charge is 0.495 e. The van der Waals surface area contributed by atoms with Gasteiger partial charge in [-0.05, 0) is 50.6 Å². The summed E-state index contributed by atoms with van der Waals surface area (Å²) in [7, 11) is 3.61. The molecule has 1 aromatic carbocycles. The van der Waals surface area contributed by atoms with Crippen molar-refractivity contribution >= 4 is 11.6 Å². The zero-order valence-corrected chi connectivity index (χ0v) is 10.1. The summed E-state index contributed by atoms with van der Waals surface area (Å²) in [5.74, 6) is 0.746. The summed E-state index contributed by atoms with van der Waals surface area (Å²) in [5.41, 5.74) is 1.27. The first-order valence-corrected chi connectivity index (χ1v) is 5.62. The molecular weight excluding hydrogens is 210 g/mol. The lowest BCUT2D eigenvalue weighted by Gasteiger charge is -2.06. The van der Waals surface area contributed by atoms with E-state index in [1.807, 2.05) is 19.2 Å². The van der Waals surface area contributed by atoms with E-state index in [4.69, 9.17) is 16.3 Å². The Hall–Kier alpha value is -0.730. The third-order valence-electron chi connectivity index (χ3n) is 2.36. The monoisotopic (exact) mass is 227 g/mol. The zero-order valence-electron chi connectivity index (χ0n) is 9.35. The van der Waals surface area contributed by atoms with Crippen molar-refractivity contribution < 1.29 is 4.74 Å². The van der Waals surface area contributed by atoms with E-state index in [0.717, 1.165) is 18.7 Å². The molecule has 0 atom stereocenters. The molecule has 0 aliphatic heterocycles. The van der Waals surface area contributed by atoms with Crippen LogP contribution in [0.1, 0.15) is 18.4 Å². The number of rotatable bonds is 6. The van der Waals surface area contributed by atoms with Gasteiger partial charge in [0.1, 0.15) is 5.75 Å². The molecule has 0 radical (unpaired) electrons. The molecule has 0 aromatic heterocycles. The third kappa shape index (κ3) is 4.10. The van der Waals surface area contributed by atoms with Crippen LogP contribution in [0.2, 0.25) is 5.02 Å². The molecule has 0 unspecified atom stereocenters. The van der Waals surface area contributed by atoms with Crippen molar-refractivity contribution in [1.29, 1.82) is 0 Å². The molecule has 3 heteroatoms. The third-order valence-corrected chi connectivity index (χ3v) is 2.65. The quantitative estimate of drug-likeness (QED) is 0.755. The Kier molecular flexibility index (Phi) is 5.51. The fourth-order valence-corrected chi connectivity index (χ4v) is 1.78. The molecule has 2 nitrogen and oxygen atoms in total. The Morgan fingerprint density at radius 2 is 2.13 bits per heavy atom. The molecule has 0 aliphatic rings. The van der Waals surface area contributed by atoms with E-state index < -0.39 is 0 Å². The molecule has 84 valence electrons. The number of benzene rings is 1. The summed E-state index contributed by atoms with van der Waals surface area (Å²) in [4.78, 5) is 0. The molecule has 0 heterocycles. The van der Waals surface area contributed by atoms with E-state index in [2.05, 4.69) is 11.4 Å². The number of hydrogen-bond acceptors (Lipinski definition) is 2. The maximum Gasteiger partial charge on any atom is 0.137 e. The van der Waals surface area contributed by atoms with Crippen molar-refractivity contribution in [2.24, 2.45) is 0 Å². The second-order valence-corrected chi connectivity index (χ2v) is 3.94. The predicted octanol–water partition coefficient (Wildman–Crippen LogP) is 2.89. The van der Waals surface area contributed by atoms with Crippen molar-refractivity contribution in [3.05, 3.63) is 28.8 Å². The molecule has 1 aromatic rings. The number of ether oxygens (including phenoxy) is 1. The van der Waals surface area contributed by atoms with Crippen LogP contribution >= 0.6 is 11.6 Å². The van der Waals surface area contributed by atoms with Gasteiger partial charge in [-0.3, -0.25) is 0 Å². The van der Waals surface area contributed by atoms with E-state index in [1.165, 1.54) is 18.4 Å². The molecular formula is C12H18ClNO. The van der Waals surface area contributed by atoms with Gasteiger partial charge < -0.3 is 10.1 Å². The number of aryl methyl sites for hydroxylation is 1. The van der Waals surface area contributed by atoms with Crippen LogP contribution in [-0.2, 0) is 6.42 Å².